The zero-order valence-electron chi connectivity index (χ0n) is 17.8. The second kappa shape index (κ2) is 8.26. The van der Waals surface area contributed by atoms with Crippen molar-refractivity contribution in [1.82, 2.24) is 20.3 Å². The van der Waals surface area contributed by atoms with Crippen LogP contribution in [0, 0.1) is 0 Å². The Morgan fingerprint density at radius 1 is 0.969 bits per heavy atom. The average molecular weight is 428 g/mol. The molecule has 1 aromatic carbocycles. The zero-order valence-corrected chi connectivity index (χ0v) is 17.8. The van der Waals surface area contributed by atoms with Crippen LogP contribution in [0.25, 0.3) is 22.2 Å². The maximum absolute atomic E-state index is 6.39. The molecule has 4 aromatic rings. The Hall–Kier alpha value is -3.42. The number of rotatable bonds is 4. The van der Waals surface area contributed by atoms with E-state index in [-0.39, 0.29) is 0 Å². The predicted octanol–water partition coefficient (Wildman–Crippen LogP) is 3.90. The number of anilines is 1. The number of aromatic amines is 1. The number of morpholine rings is 1. The minimum absolute atomic E-state index is 0.733. The number of nitrogens with zero attached hydrogens (tertiary/aromatic N) is 3. The van der Waals surface area contributed by atoms with Gasteiger partial charge in [0.05, 0.1) is 18.6 Å². The molecule has 0 amide bonds. The fourth-order valence-electron chi connectivity index (χ4n) is 4.54. The van der Waals surface area contributed by atoms with Crippen LogP contribution in [0.1, 0.15) is 11.1 Å². The highest BCUT2D eigenvalue weighted by Crippen LogP contribution is 2.37. The molecular weight excluding hydrogens is 402 g/mol. The van der Waals surface area contributed by atoms with E-state index in [1.54, 1.807) is 6.20 Å². The van der Waals surface area contributed by atoms with Crippen LogP contribution in [-0.4, -0.2) is 47.8 Å². The first-order valence-electron chi connectivity index (χ1n) is 11.1. The molecule has 32 heavy (non-hydrogen) atoms. The van der Waals surface area contributed by atoms with Gasteiger partial charge < -0.3 is 24.7 Å². The zero-order chi connectivity index (χ0) is 21.3. The van der Waals surface area contributed by atoms with Crippen molar-refractivity contribution in [2.24, 2.45) is 0 Å². The van der Waals surface area contributed by atoms with Crippen LogP contribution in [0.3, 0.4) is 0 Å². The molecule has 1 saturated heterocycles. The minimum atomic E-state index is 0.733. The van der Waals surface area contributed by atoms with Crippen LogP contribution in [0.2, 0.25) is 0 Å². The van der Waals surface area contributed by atoms with Crippen molar-refractivity contribution in [3.05, 3.63) is 66.1 Å². The normalized spacial score (nSPS) is 16.2. The van der Waals surface area contributed by atoms with Gasteiger partial charge >= 0.3 is 0 Å². The van der Waals surface area contributed by atoms with Crippen molar-refractivity contribution in [2.75, 3.05) is 37.7 Å². The van der Waals surface area contributed by atoms with Crippen LogP contribution < -0.4 is 15.0 Å². The summed E-state index contributed by atoms with van der Waals surface area (Å²) < 4.78 is 11.9. The highest BCUT2D eigenvalue weighted by atomic mass is 16.5. The van der Waals surface area contributed by atoms with Crippen molar-refractivity contribution in [3.8, 4) is 22.6 Å². The lowest BCUT2D eigenvalue weighted by Gasteiger charge is -2.28. The molecule has 0 saturated carbocycles. The summed E-state index contributed by atoms with van der Waals surface area (Å²) in [5.74, 6) is 2.60. The number of H-pyrrole nitrogens is 1. The van der Waals surface area contributed by atoms with Crippen LogP contribution in [0.15, 0.2) is 55.0 Å². The van der Waals surface area contributed by atoms with Gasteiger partial charge in [0.1, 0.15) is 23.0 Å². The van der Waals surface area contributed by atoms with E-state index in [2.05, 4.69) is 49.4 Å². The van der Waals surface area contributed by atoms with Crippen molar-refractivity contribution < 1.29 is 9.47 Å². The standard InChI is InChI=1S/C25H25N5O2/c1-2-20(13-19-15-26-6-3-17(1)19)32-22-5-8-28-25-24(22)21(16-29-25)18-4-7-27-23(14-18)30-9-11-31-12-10-30/h1-2,4-5,7-8,13-14,16,26H,3,6,9-12,15H2,(H,28,29). The maximum Gasteiger partial charge on any atom is 0.141 e. The quantitative estimate of drug-likeness (QED) is 0.515. The van der Waals surface area contributed by atoms with E-state index < -0.39 is 0 Å². The van der Waals surface area contributed by atoms with Crippen molar-refractivity contribution >= 4 is 16.9 Å². The maximum atomic E-state index is 6.39. The molecule has 0 atom stereocenters. The Morgan fingerprint density at radius 3 is 2.81 bits per heavy atom. The van der Waals surface area contributed by atoms with Gasteiger partial charge in [0.15, 0.2) is 0 Å². The second-order valence-electron chi connectivity index (χ2n) is 8.20. The molecule has 2 aliphatic rings. The van der Waals surface area contributed by atoms with Crippen LogP contribution >= 0.6 is 0 Å². The first-order chi connectivity index (χ1) is 15.8. The molecule has 7 nitrogen and oxygen atoms in total. The lowest BCUT2D eigenvalue weighted by atomic mass is 10.0. The van der Waals surface area contributed by atoms with Gasteiger partial charge in [-0.3, -0.25) is 0 Å². The lowest BCUT2D eigenvalue weighted by Crippen LogP contribution is -2.36. The van der Waals surface area contributed by atoms with E-state index in [0.29, 0.717) is 0 Å². The number of hydrogen-bond acceptors (Lipinski definition) is 6. The van der Waals surface area contributed by atoms with Gasteiger partial charge in [-0.2, -0.15) is 0 Å². The molecule has 3 aromatic heterocycles. The molecule has 1 fully saturated rings. The molecule has 0 unspecified atom stereocenters. The third-order valence-electron chi connectivity index (χ3n) is 6.22. The SMILES string of the molecule is c1cc(-c2c[nH]c3nccc(Oc4ccc5c(c4)CNCC5)c23)cc(N2CCOCC2)n1. The third kappa shape index (κ3) is 3.59. The van der Waals surface area contributed by atoms with Gasteiger partial charge in [-0.1, -0.05) is 6.07 Å². The van der Waals surface area contributed by atoms with E-state index in [4.69, 9.17) is 9.47 Å². The van der Waals surface area contributed by atoms with Gasteiger partial charge in [0.25, 0.3) is 0 Å². The summed E-state index contributed by atoms with van der Waals surface area (Å²) in [5.41, 5.74) is 5.64. The fourth-order valence-corrected chi connectivity index (χ4v) is 4.54. The number of benzene rings is 1. The van der Waals surface area contributed by atoms with E-state index in [0.717, 1.165) is 85.3 Å². The summed E-state index contributed by atoms with van der Waals surface area (Å²) in [6, 6.07) is 12.5. The second-order valence-corrected chi connectivity index (χ2v) is 8.20. The summed E-state index contributed by atoms with van der Waals surface area (Å²) >= 11 is 0. The van der Waals surface area contributed by atoms with Crippen molar-refractivity contribution in [1.29, 1.82) is 0 Å². The summed E-state index contributed by atoms with van der Waals surface area (Å²) in [5, 5.41) is 4.41. The number of aromatic nitrogens is 3. The number of pyridine rings is 2. The highest BCUT2D eigenvalue weighted by Gasteiger charge is 2.17. The largest absolute Gasteiger partial charge is 0.457 e. The molecule has 0 aliphatic carbocycles. The minimum Gasteiger partial charge on any atom is -0.457 e. The van der Waals surface area contributed by atoms with Crippen LogP contribution in [0.4, 0.5) is 5.82 Å². The van der Waals surface area contributed by atoms with E-state index in [1.165, 1.54) is 11.1 Å². The molecule has 0 radical (unpaired) electrons. The van der Waals surface area contributed by atoms with Crippen molar-refractivity contribution in [2.45, 2.75) is 13.0 Å². The summed E-state index contributed by atoms with van der Waals surface area (Å²) in [7, 11) is 0. The van der Waals surface area contributed by atoms with Gasteiger partial charge in [0, 0.05) is 43.8 Å². The summed E-state index contributed by atoms with van der Waals surface area (Å²) in [6.07, 6.45) is 6.71. The molecule has 0 spiro atoms. The molecule has 2 N–H and O–H groups in total. The number of fused-ring (bicyclic) bond motifs is 2. The Balaban J connectivity index is 1.37. The summed E-state index contributed by atoms with van der Waals surface area (Å²) in [6.45, 7) is 5.09. The Labute approximate surface area is 186 Å². The first kappa shape index (κ1) is 19.3. The molecule has 5 heterocycles. The van der Waals surface area contributed by atoms with Gasteiger partial charge in [-0.05, 0) is 60.0 Å². The molecule has 2 aliphatic heterocycles. The molecule has 0 bridgehead atoms. The Bertz CT molecular complexity index is 1260. The fraction of sp³-hybridized carbons (Fsp3) is 0.280. The number of nitrogens with one attached hydrogen (secondary N) is 2. The smallest absolute Gasteiger partial charge is 0.141 e. The predicted molar refractivity (Wildman–Crippen MR) is 124 cm³/mol. The monoisotopic (exact) mass is 427 g/mol. The molecule has 6 rings (SSSR count). The van der Waals surface area contributed by atoms with E-state index in [9.17, 15) is 0 Å². The molecular formula is C25H25N5O2. The van der Waals surface area contributed by atoms with Gasteiger partial charge in [-0.15, -0.1) is 0 Å². The highest BCUT2D eigenvalue weighted by molar-refractivity contribution is 5.98. The summed E-state index contributed by atoms with van der Waals surface area (Å²) in [4.78, 5) is 14.7. The molecule has 162 valence electrons. The molecule has 7 heteroatoms. The lowest BCUT2D eigenvalue weighted by molar-refractivity contribution is 0.122. The van der Waals surface area contributed by atoms with Crippen LogP contribution in [0.5, 0.6) is 11.5 Å². The first-order valence-corrected chi connectivity index (χ1v) is 11.1. The van der Waals surface area contributed by atoms with Gasteiger partial charge in [0.2, 0.25) is 0 Å². The average Bonchev–Trinajstić information content (AvgIpc) is 3.30. The van der Waals surface area contributed by atoms with E-state index >= 15 is 0 Å². The number of hydrogen-bond donors (Lipinski definition) is 2. The van der Waals surface area contributed by atoms with Gasteiger partial charge in [-0.25, -0.2) is 9.97 Å². The third-order valence-corrected chi connectivity index (χ3v) is 6.22. The Kier molecular flexibility index (Phi) is 4.97. The van der Waals surface area contributed by atoms with E-state index in [1.807, 2.05) is 24.5 Å². The van der Waals surface area contributed by atoms with Crippen molar-refractivity contribution in [3.63, 3.8) is 0 Å². The van der Waals surface area contributed by atoms with Crippen LogP contribution in [-0.2, 0) is 17.7 Å². The Morgan fingerprint density at radius 2 is 1.88 bits per heavy atom. The number of ether oxygens (including phenoxy) is 2. The topological polar surface area (TPSA) is 75.3 Å².